The molecule has 0 fully saturated rings. The molecule has 1 aromatic heterocycles. The summed E-state index contributed by atoms with van der Waals surface area (Å²) in [7, 11) is 0. The summed E-state index contributed by atoms with van der Waals surface area (Å²) in [5.41, 5.74) is 6.04. The molecule has 0 spiro atoms. The summed E-state index contributed by atoms with van der Waals surface area (Å²) in [5, 5.41) is 14.7. The Bertz CT molecular complexity index is 620. The van der Waals surface area contributed by atoms with Crippen molar-refractivity contribution < 1.29 is 9.45 Å². The van der Waals surface area contributed by atoms with Crippen molar-refractivity contribution in [3.05, 3.63) is 40.2 Å². The van der Waals surface area contributed by atoms with Crippen LogP contribution in [0.3, 0.4) is 0 Å². The van der Waals surface area contributed by atoms with Crippen LogP contribution in [-0.4, -0.2) is 15.1 Å². The highest BCUT2D eigenvalue weighted by atomic mass is 16.6. The maximum Gasteiger partial charge on any atom is 0.270 e. The van der Waals surface area contributed by atoms with E-state index in [0.717, 1.165) is 0 Å². The fourth-order valence-corrected chi connectivity index (χ4v) is 1.86. The molecular weight excluding hydrogens is 260 g/mol. The molecule has 2 rings (SSSR count). The normalized spacial score (nSPS) is 11.6. The number of nitro benzene ring substituents is 1. The van der Waals surface area contributed by atoms with Crippen molar-refractivity contribution in [2.24, 2.45) is 5.73 Å². The van der Waals surface area contributed by atoms with E-state index >= 15 is 0 Å². The van der Waals surface area contributed by atoms with Crippen LogP contribution in [0.4, 0.5) is 5.69 Å². The second-order valence-electron chi connectivity index (χ2n) is 4.59. The van der Waals surface area contributed by atoms with E-state index in [4.69, 9.17) is 10.3 Å². The Labute approximate surface area is 115 Å². The van der Waals surface area contributed by atoms with Crippen LogP contribution in [-0.2, 0) is 5.54 Å². The van der Waals surface area contributed by atoms with Gasteiger partial charge in [-0.25, -0.2) is 0 Å². The van der Waals surface area contributed by atoms with Crippen molar-refractivity contribution in [2.75, 3.05) is 0 Å². The first kappa shape index (κ1) is 14.1. The fourth-order valence-electron chi connectivity index (χ4n) is 1.86. The molecule has 2 aromatic rings. The van der Waals surface area contributed by atoms with Gasteiger partial charge in [-0.05, 0) is 18.9 Å². The van der Waals surface area contributed by atoms with Crippen LogP contribution in [0.5, 0.6) is 0 Å². The average Bonchev–Trinajstić information content (AvgIpc) is 2.97. The number of hydrogen-bond donors (Lipinski definition) is 1. The van der Waals surface area contributed by atoms with Crippen molar-refractivity contribution in [3.63, 3.8) is 0 Å². The van der Waals surface area contributed by atoms with Gasteiger partial charge in [0.15, 0.2) is 5.82 Å². The number of nitrogens with two attached hydrogens (primary N) is 1. The number of benzene rings is 1. The lowest BCUT2D eigenvalue weighted by atomic mass is 9.93. The predicted molar refractivity (Wildman–Crippen MR) is 72.8 cm³/mol. The molecule has 0 saturated heterocycles. The molecule has 1 heterocycles. The second kappa shape index (κ2) is 5.38. The van der Waals surface area contributed by atoms with Gasteiger partial charge < -0.3 is 10.3 Å². The number of hydrogen-bond acceptors (Lipinski definition) is 6. The monoisotopic (exact) mass is 276 g/mol. The molecule has 2 N–H and O–H groups in total. The maximum atomic E-state index is 10.8. The van der Waals surface area contributed by atoms with Crippen molar-refractivity contribution in [1.82, 2.24) is 10.1 Å². The van der Waals surface area contributed by atoms with Crippen LogP contribution < -0.4 is 5.73 Å². The summed E-state index contributed by atoms with van der Waals surface area (Å²) in [6.45, 7) is 3.90. The van der Waals surface area contributed by atoms with Crippen LogP contribution in [0.15, 0.2) is 28.8 Å². The molecule has 0 bridgehead atoms. The summed E-state index contributed by atoms with van der Waals surface area (Å²) in [6, 6.07) is 6.06. The van der Waals surface area contributed by atoms with Gasteiger partial charge >= 0.3 is 0 Å². The standard InChI is InChI=1S/C13H16N4O3/c1-3-13(14,4-2)12-15-11(20-16-12)9-6-5-7-10(8-9)17(18)19/h5-8H,3-4,14H2,1-2H3. The van der Waals surface area contributed by atoms with E-state index in [2.05, 4.69) is 10.1 Å². The van der Waals surface area contributed by atoms with Crippen molar-refractivity contribution >= 4 is 5.69 Å². The van der Waals surface area contributed by atoms with Gasteiger partial charge in [0, 0.05) is 17.7 Å². The second-order valence-corrected chi connectivity index (χ2v) is 4.59. The van der Waals surface area contributed by atoms with Gasteiger partial charge in [0.2, 0.25) is 0 Å². The minimum atomic E-state index is -0.636. The minimum absolute atomic E-state index is 0.0211. The largest absolute Gasteiger partial charge is 0.334 e. The van der Waals surface area contributed by atoms with E-state index in [1.54, 1.807) is 12.1 Å². The van der Waals surface area contributed by atoms with Gasteiger partial charge in [-0.2, -0.15) is 4.98 Å². The average molecular weight is 276 g/mol. The molecule has 7 heteroatoms. The summed E-state index contributed by atoms with van der Waals surface area (Å²) < 4.78 is 5.17. The molecule has 0 aliphatic carbocycles. The molecule has 0 aliphatic rings. The van der Waals surface area contributed by atoms with Crippen LogP contribution in [0.2, 0.25) is 0 Å². The van der Waals surface area contributed by atoms with Crippen molar-refractivity contribution in [1.29, 1.82) is 0 Å². The Morgan fingerprint density at radius 1 is 1.40 bits per heavy atom. The number of rotatable bonds is 5. The first-order valence-electron chi connectivity index (χ1n) is 6.38. The summed E-state index contributed by atoms with van der Waals surface area (Å²) in [6.07, 6.45) is 1.36. The van der Waals surface area contributed by atoms with Gasteiger partial charge in [0.25, 0.3) is 11.6 Å². The first-order valence-corrected chi connectivity index (χ1v) is 6.38. The summed E-state index contributed by atoms with van der Waals surface area (Å²) in [4.78, 5) is 14.6. The van der Waals surface area contributed by atoms with Crippen molar-refractivity contribution in [2.45, 2.75) is 32.2 Å². The zero-order valence-electron chi connectivity index (χ0n) is 11.4. The van der Waals surface area contributed by atoms with E-state index in [1.165, 1.54) is 12.1 Å². The van der Waals surface area contributed by atoms with Gasteiger partial charge in [-0.3, -0.25) is 10.1 Å². The third-order valence-electron chi connectivity index (χ3n) is 3.44. The molecular formula is C13H16N4O3. The lowest BCUT2D eigenvalue weighted by molar-refractivity contribution is -0.384. The molecule has 0 atom stereocenters. The van der Waals surface area contributed by atoms with Gasteiger partial charge in [0.05, 0.1) is 10.5 Å². The van der Waals surface area contributed by atoms with E-state index in [-0.39, 0.29) is 11.6 Å². The van der Waals surface area contributed by atoms with E-state index in [9.17, 15) is 10.1 Å². The Kier molecular flexibility index (Phi) is 3.80. The Balaban J connectivity index is 2.38. The highest BCUT2D eigenvalue weighted by Crippen LogP contribution is 2.27. The summed E-state index contributed by atoms with van der Waals surface area (Å²) in [5.74, 6) is 0.657. The zero-order valence-corrected chi connectivity index (χ0v) is 11.4. The number of nitrogens with zero attached hydrogens (tertiary/aromatic N) is 3. The topological polar surface area (TPSA) is 108 Å². The molecule has 0 amide bonds. The first-order chi connectivity index (χ1) is 9.50. The molecule has 106 valence electrons. The lowest BCUT2D eigenvalue weighted by Gasteiger charge is -2.21. The van der Waals surface area contributed by atoms with Crippen LogP contribution in [0.1, 0.15) is 32.5 Å². The molecule has 0 saturated carbocycles. The minimum Gasteiger partial charge on any atom is -0.334 e. The van der Waals surface area contributed by atoms with Crippen LogP contribution in [0.25, 0.3) is 11.5 Å². The number of nitro groups is 1. The van der Waals surface area contributed by atoms with Crippen molar-refractivity contribution in [3.8, 4) is 11.5 Å². The van der Waals surface area contributed by atoms with Gasteiger partial charge in [-0.1, -0.05) is 25.1 Å². The Hall–Kier alpha value is -2.28. The van der Waals surface area contributed by atoms with Gasteiger partial charge in [0.1, 0.15) is 0 Å². The number of non-ortho nitro benzene ring substituents is 1. The molecule has 1 aromatic carbocycles. The number of aromatic nitrogens is 2. The van der Waals surface area contributed by atoms with Crippen LogP contribution in [0, 0.1) is 10.1 Å². The summed E-state index contributed by atoms with van der Waals surface area (Å²) >= 11 is 0. The lowest BCUT2D eigenvalue weighted by Crippen LogP contribution is -2.36. The molecule has 0 aliphatic heterocycles. The third-order valence-corrected chi connectivity index (χ3v) is 3.44. The quantitative estimate of drug-likeness (QED) is 0.664. The SMILES string of the molecule is CCC(N)(CC)c1noc(-c2cccc([N+](=O)[O-])c2)n1. The maximum absolute atomic E-state index is 10.8. The van der Waals surface area contributed by atoms with E-state index in [1.807, 2.05) is 13.8 Å². The molecule has 7 nitrogen and oxygen atoms in total. The van der Waals surface area contributed by atoms with Gasteiger partial charge in [-0.15, -0.1) is 0 Å². The van der Waals surface area contributed by atoms with E-state index < -0.39 is 10.5 Å². The Morgan fingerprint density at radius 3 is 2.70 bits per heavy atom. The third kappa shape index (κ3) is 2.53. The van der Waals surface area contributed by atoms with Crippen LogP contribution >= 0.6 is 0 Å². The fraction of sp³-hybridized carbons (Fsp3) is 0.385. The zero-order chi connectivity index (χ0) is 14.8. The molecule has 0 radical (unpaired) electrons. The van der Waals surface area contributed by atoms with E-state index in [0.29, 0.717) is 24.2 Å². The highest BCUT2D eigenvalue weighted by molar-refractivity contribution is 5.57. The molecule has 20 heavy (non-hydrogen) atoms. The highest BCUT2D eigenvalue weighted by Gasteiger charge is 2.29. The molecule has 0 unspecified atom stereocenters. The Morgan fingerprint density at radius 2 is 2.10 bits per heavy atom. The predicted octanol–water partition coefficient (Wildman–Crippen LogP) is 2.62. The smallest absolute Gasteiger partial charge is 0.270 e.